The maximum absolute atomic E-state index is 12.6. The molecular formula is C15H10F3N3O2S. The topological polar surface area (TPSA) is 64.8 Å². The van der Waals surface area contributed by atoms with Crippen LogP contribution in [-0.4, -0.2) is 22.8 Å². The van der Waals surface area contributed by atoms with E-state index in [1.54, 1.807) is 30.3 Å². The third-order valence-corrected chi connectivity index (χ3v) is 4.81. The van der Waals surface area contributed by atoms with Crippen LogP contribution in [0.5, 0.6) is 0 Å². The van der Waals surface area contributed by atoms with E-state index in [0.717, 1.165) is 12.1 Å². The van der Waals surface area contributed by atoms with Crippen molar-refractivity contribution in [2.24, 2.45) is 0 Å². The normalized spacial score (nSPS) is 12.3. The van der Waals surface area contributed by atoms with Gasteiger partial charge in [0.05, 0.1) is 16.7 Å². The molecule has 0 radical (unpaired) electrons. The van der Waals surface area contributed by atoms with Gasteiger partial charge in [0.25, 0.3) is 10.0 Å². The van der Waals surface area contributed by atoms with Crippen molar-refractivity contribution in [3.05, 3.63) is 66.4 Å². The molecule has 1 heterocycles. The quantitative estimate of drug-likeness (QED) is 0.725. The Hall–Kier alpha value is -2.68. The average Bonchev–Trinajstić information content (AvgIpc) is 3.06. The van der Waals surface area contributed by atoms with Crippen molar-refractivity contribution in [2.75, 3.05) is 0 Å². The summed E-state index contributed by atoms with van der Waals surface area (Å²) in [6, 6.07) is 12.0. The number of aromatic nitrogens is 3. The van der Waals surface area contributed by atoms with Gasteiger partial charge in [-0.15, -0.1) is 9.19 Å². The van der Waals surface area contributed by atoms with Crippen LogP contribution in [0.1, 0.15) is 5.56 Å². The summed E-state index contributed by atoms with van der Waals surface area (Å²) in [7, 11) is -4.11. The van der Waals surface area contributed by atoms with Gasteiger partial charge in [-0.2, -0.15) is 21.6 Å². The minimum absolute atomic E-state index is 0.306. The Morgan fingerprint density at radius 2 is 1.54 bits per heavy atom. The fourth-order valence-corrected chi connectivity index (χ4v) is 3.10. The first-order valence-corrected chi connectivity index (χ1v) is 8.13. The molecule has 0 amide bonds. The highest BCUT2D eigenvalue weighted by Crippen LogP contribution is 2.30. The molecular weight excluding hydrogens is 343 g/mol. The van der Waals surface area contributed by atoms with Crippen LogP contribution in [0.15, 0.2) is 65.7 Å². The van der Waals surface area contributed by atoms with E-state index in [2.05, 4.69) is 10.3 Å². The molecule has 0 unspecified atom stereocenters. The van der Waals surface area contributed by atoms with Gasteiger partial charge in [0.15, 0.2) is 0 Å². The van der Waals surface area contributed by atoms with Crippen LogP contribution >= 0.6 is 0 Å². The Morgan fingerprint density at radius 3 is 2.12 bits per heavy atom. The van der Waals surface area contributed by atoms with E-state index in [-0.39, 0.29) is 4.90 Å². The van der Waals surface area contributed by atoms with E-state index in [1.165, 1.54) is 6.20 Å². The van der Waals surface area contributed by atoms with E-state index < -0.39 is 21.8 Å². The largest absolute Gasteiger partial charge is 0.416 e. The zero-order valence-electron chi connectivity index (χ0n) is 12.0. The molecule has 0 spiro atoms. The van der Waals surface area contributed by atoms with Gasteiger partial charge in [-0.3, -0.25) is 0 Å². The van der Waals surface area contributed by atoms with Gasteiger partial charge in [-0.1, -0.05) is 35.5 Å². The van der Waals surface area contributed by atoms with Crippen molar-refractivity contribution in [3.63, 3.8) is 0 Å². The second kappa shape index (κ2) is 5.75. The summed E-state index contributed by atoms with van der Waals surface area (Å²) < 4.78 is 63.1. The van der Waals surface area contributed by atoms with Gasteiger partial charge in [-0.25, -0.2) is 0 Å². The molecule has 0 saturated carbocycles. The zero-order chi connectivity index (χ0) is 17.4. The molecule has 9 heteroatoms. The Kier molecular flexibility index (Phi) is 3.88. The van der Waals surface area contributed by atoms with Crippen LogP contribution in [0.25, 0.3) is 11.3 Å². The van der Waals surface area contributed by atoms with Crippen molar-refractivity contribution in [3.8, 4) is 11.3 Å². The van der Waals surface area contributed by atoms with Crippen molar-refractivity contribution in [2.45, 2.75) is 11.1 Å². The fourth-order valence-electron chi connectivity index (χ4n) is 2.03. The van der Waals surface area contributed by atoms with Crippen molar-refractivity contribution >= 4 is 10.0 Å². The minimum atomic E-state index is -4.53. The lowest BCUT2D eigenvalue weighted by atomic mass is 10.2. The smallest absolute Gasteiger partial charge is 0.199 e. The molecule has 1 aromatic heterocycles. The molecule has 124 valence electrons. The highest BCUT2D eigenvalue weighted by molar-refractivity contribution is 7.89. The predicted molar refractivity (Wildman–Crippen MR) is 79.5 cm³/mol. The lowest BCUT2D eigenvalue weighted by molar-refractivity contribution is -0.137. The first-order chi connectivity index (χ1) is 11.3. The molecule has 0 N–H and O–H groups in total. The molecule has 0 aliphatic rings. The Labute approximate surface area is 135 Å². The van der Waals surface area contributed by atoms with E-state index in [9.17, 15) is 21.6 Å². The molecule has 3 aromatic rings. The van der Waals surface area contributed by atoms with Gasteiger partial charge in [0.1, 0.15) is 5.69 Å². The summed E-state index contributed by atoms with van der Waals surface area (Å²) in [6.45, 7) is 0. The van der Waals surface area contributed by atoms with E-state index in [0.29, 0.717) is 27.5 Å². The van der Waals surface area contributed by atoms with Crippen molar-refractivity contribution < 1.29 is 21.6 Å². The number of halogens is 3. The first kappa shape index (κ1) is 16.2. The molecule has 0 fully saturated rings. The highest BCUT2D eigenvalue weighted by Gasteiger charge is 2.31. The van der Waals surface area contributed by atoms with Gasteiger partial charge < -0.3 is 0 Å². The summed E-state index contributed by atoms with van der Waals surface area (Å²) in [5.74, 6) is 0. The molecule has 2 aromatic carbocycles. The number of hydrogen-bond donors (Lipinski definition) is 0. The second-order valence-corrected chi connectivity index (χ2v) is 6.67. The third kappa shape index (κ3) is 3.02. The second-order valence-electron chi connectivity index (χ2n) is 4.87. The Morgan fingerprint density at radius 1 is 0.917 bits per heavy atom. The Bertz CT molecular complexity index is 950. The van der Waals surface area contributed by atoms with Gasteiger partial charge in [0, 0.05) is 5.56 Å². The summed E-state index contributed by atoms with van der Waals surface area (Å²) >= 11 is 0. The van der Waals surface area contributed by atoms with Crippen LogP contribution in [0.2, 0.25) is 0 Å². The zero-order valence-corrected chi connectivity index (χ0v) is 12.8. The first-order valence-electron chi connectivity index (χ1n) is 6.69. The molecule has 0 aliphatic heterocycles. The summed E-state index contributed by atoms with van der Waals surface area (Å²) in [5, 5.41) is 7.36. The SMILES string of the molecule is O=S(=O)(c1ccc(C(F)(F)F)cc1)n1cc(-c2ccccc2)nn1. The molecule has 0 aliphatic carbocycles. The summed E-state index contributed by atoms with van der Waals surface area (Å²) in [6.07, 6.45) is -3.32. The van der Waals surface area contributed by atoms with Gasteiger partial charge in [-0.05, 0) is 24.3 Å². The highest BCUT2D eigenvalue weighted by atomic mass is 32.2. The van der Waals surface area contributed by atoms with Gasteiger partial charge >= 0.3 is 6.18 Å². The minimum Gasteiger partial charge on any atom is -0.199 e. The number of nitrogens with zero attached hydrogens (tertiary/aromatic N) is 3. The van der Waals surface area contributed by atoms with Crippen LogP contribution < -0.4 is 0 Å². The molecule has 3 rings (SSSR count). The molecule has 0 bridgehead atoms. The van der Waals surface area contributed by atoms with Crippen LogP contribution in [0.4, 0.5) is 13.2 Å². The number of benzene rings is 2. The van der Waals surface area contributed by atoms with Crippen LogP contribution in [0.3, 0.4) is 0 Å². The monoisotopic (exact) mass is 353 g/mol. The molecule has 0 saturated heterocycles. The van der Waals surface area contributed by atoms with Gasteiger partial charge in [0.2, 0.25) is 0 Å². The number of alkyl halides is 3. The van der Waals surface area contributed by atoms with Crippen LogP contribution in [-0.2, 0) is 16.2 Å². The van der Waals surface area contributed by atoms with Crippen molar-refractivity contribution in [1.82, 2.24) is 14.4 Å². The standard InChI is InChI=1S/C15H10F3N3O2S/c16-15(17,18)12-6-8-13(9-7-12)24(22,23)21-10-14(19-20-21)11-4-2-1-3-5-11/h1-10H. The summed E-state index contributed by atoms with van der Waals surface area (Å²) in [4.78, 5) is -0.306. The Balaban J connectivity index is 1.95. The lowest BCUT2D eigenvalue weighted by Gasteiger charge is -2.07. The van der Waals surface area contributed by atoms with E-state index in [1.807, 2.05) is 0 Å². The number of rotatable bonds is 3. The van der Waals surface area contributed by atoms with E-state index in [4.69, 9.17) is 0 Å². The molecule has 24 heavy (non-hydrogen) atoms. The maximum atomic E-state index is 12.6. The third-order valence-electron chi connectivity index (χ3n) is 3.27. The average molecular weight is 353 g/mol. The van der Waals surface area contributed by atoms with Crippen molar-refractivity contribution in [1.29, 1.82) is 0 Å². The number of hydrogen-bond acceptors (Lipinski definition) is 4. The molecule has 5 nitrogen and oxygen atoms in total. The summed E-state index contributed by atoms with van der Waals surface area (Å²) in [5.41, 5.74) is 0.0856. The lowest BCUT2D eigenvalue weighted by Crippen LogP contribution is -2.14. The van der Waals surface area contributed by atoms with Crippen LogP contribution in [0, 0.1) is 0 Å². The fraction of sp³-hybridized carbons (Fsp3) is 0.0667. The van der Waals surface area contributed by atoms with E-state index >= 15 is 0 Å². The molecule has 0 atom stereocenters. The predicted octanol–water partition coefficient (Wildman–Crippen LogP) is 3.20. The maximum Gasteiger partial charge on any atom is 0.416 e.